The van der Waals surface area contributed by atoms with E-state index >= 15 is 0 Å². The fourth-order valence-corrected chi connectivity index (χ4v) is 2.22. The molecule has 1 aliphatic carbocycles. The van der Waals surface area contributed by atoms with E-state index in [0.717, 1.165) is 12.4 Å². The highest BCUT2D eigenvalue weighted by atomic mass is 16.6. The molecule has 1 aromatic rings. The maximum absolute atomic E-state index is 10.7. The maximum atomic E-state index is 10.7. The van der Waals surface area contributed by atoms with Gasteiger partial charge in [0.2, 0.25) is 0 Å². The van der Waals surface area contributed by atoms with Crippen LogP contribution < -0.4 is 5.32 Å². The third-order valence-electron chi connectivity index (χ3n) is 4.02. The minimum absolute atomic E-state index is 0.0746. The highest BCUT2D eigenvalue weighted by Crippen LogP contribution is 2.51. The summed E-state index contributed by atoms with van der Waals surface area (Å²) >= 11 is 0. The number of hydrogen-bond acceptors (Lipinski definition) is 4. The second kappa shape index (κ2) is 4.55. The van der Waals surface area contributed by atoms with Gasteiger partial charge in [0.25, 0.3) is 5.69 Å². The molecule has 0 amide bonds. The largest absolute Gasteiger partial charge is 0.369 e. The molecule has 0 aromatic carbocycles. The van der Waals surface area contributed by atoms with Gasteiger partial charge in [-0.15, -0.1) is 0 Å². The molecule has 0 bridgehead atoms. The normalized spacial score (nSPS) is 16.7. The van der Waals surface area contributed by atoms with E-state index in [1.165, 1.54) is 19.0 Å². The lowest BCUT2D eigenvalue weighted by molar-refractivity contribution is -0.385. The first-order valence-corrected chi connectivity index (χ1v) is 6.29. The predicted octanol–water partition coefficient (Wildman–Crippen LogP) is 3.15. The third-order valence-corrected chi connectivity index (χ3v) is 4.02. The zero-order valence-electron chi connectivity index (χ0n) is 11.1. The van der Waals surface area contributed by atoms with E-state index in [-0.39, 0.29) is 5.69 Å². The molecule has 1 N–H and O–H groups in total. The monoisotopic (exact) mass is 249 g/mol. The van der Waals surface area contributed by atoms with Crippen molar-refractivity contribution in [3.8, 4) is 0 Å². The number of hydrogen-bond donors (Lipinski definition) is 1. The molecule has 0 spiro atoms. The van der Waals surface area contributed by atoms with Crippen LogP contribution >= 0.6 is 0 Å². The molecule has 18 heavy (non-hydrogen) atoms. The topological polar surface area (TPSA) is 68.1 Å². The minimum atomic E-state index is -0.400. The molecule has 1 fully saturated rings. The smallest absolute Gasteiger partial charge is 0.290 e. The Balaban J connectivity index is 2.03. The predicted molar refractivity (Wildman–Crippen MR) is 70.6 cm³/mol. The van der Waals surface area contributed by atoms with Crippen molar-refractivity contribution in [1.82, 2.24) is 4.98 Å². The van der Waals surface area contributed by atoms with Gasteiger partial charge in [-0.2, -0.15) is 0 Å². The van der Waals surface area contributed by atoms with Gasteiger partial charge in [0.05, 0.1) is 4.92 Å². The Morgan fingerprint density at radius 1 is 1.56 bits per heavy atom. The van der Waals surface area contributed by atoms with Gasteiger partial charge in [-0.3, -0.25) is 10.1 Å². The molecule has 1 aliphatic rings. The van der Waals surface area contributed by atoms with Gasteiger partial charge in [-0.1, -0.05) is 13.8 Å². The molecule has 0 saturated heterocycles. The minimum Gasteiger partial charge on any atom is -0.369 e. The second-order valence-corrected chi connectivity index (χ2v) is 5.48. The number of nitrogens with zero attached hydrogens (tertiary/aromatic N) is 2. The van der Waals surface area contributed by atoms with Crippen molar-refractivity contribution in [1.29, 1.82) is 0 Å². The van der Waals surface area contributed by atoms with Crippen LogP contribution in [-0.2, 0) is 0 Å². The van der Waals surface area contributed by atoms with Crippen LogP contribution in [0.15, 0.2) is 12.3 Å². The van der Waals surface area contributed by atoms with Crippen LogP contribution in [0.2, 0.25) is 0 Å². The number of aromatic nitrogens is 1. The van der Waals surface area contributed by atoms with Gasteiger partial charge in [-0.25, -0.2) is 4.98 Å². The molecule has 2 rings (SSSR count). The van der Waals surface area contributed by atoms with Crippen molar-refractivity contribution in [2.45, 2.75) is 33.6 Å². The molecule has 0 aliphatic heterocycles. The quantitative estimate of drug-likeness (QED) is 0.643. The van der Waals surface area contributed by atoms with E-state index in [0.29, 0.717) is 16.9 Å². The average molecular weight is 249 g/mol. The second-order valence-electron chi connectivity index (χ2n) is 5.48. The molecular formula is C13H19N3O2. The van der Waals surface area contributed by atoms with E-state index in [1.54, 1.807) is 13.0 Å². The summed E-state index contributed by atoms with van der Waals surface area (Å²) in [6, 6.07) is 1.74. The Kier molecular flexibility index (Phi) is 3.24. The lowest BCUT2D eigenvalue weighted by atomic mass is 9.92. The van der Waals surface area contributed by atoms with Crippen LogP contribution in [0, 0.1) is 28.4 Å². The Labute approximate surface area is 107 Å². The highest BCUT2D eigenvalue weighted by molar-refractivity contribution is 5.47. The fraction of sp³-hybridized carbons (Fsp3) is 0.615. The molecule has 1 heterocycles. The van der Waals surface area contributed by atoms with Gasteiger partial charge in [0.1, 0.15) is 12.0 Å². The van der Waals surface area contributed by atoms with Gasteiger partial charge in [-0.05, 0) is 37.2 Å². The molecule has 5 heteroatoms. The number of aryl methyl sites for hydroxylation is 1. The molecule has 0 atom stereocenters. The molecule has 1 saturated carbocycles. The zero-order chi connectivity index (χ0) is 13.3. The SMILES string of the molecule is Cc1cc(NCC2(C(C)C)CC2)ncc1[N+](=O)[O-]. The van der Waals surface area contributed by atoms with Gasteiger partial charge in [0, 0.05) is 12.1 Å². The van der Waals surface area contributed by atoms with E-state index in [2.05, 4.69) is 24.1 Å². The van der Waals surface area contributed by atoms with E-state index in [1.807, 2.05) is 0 Å². The highest BCUT2D eigenvalue weighted by Gasteiger charge is 2.44. The van der Waals surface area contributed by atoms with Gasteiger partial charge in [0.15, 0.2) is 0 Å². The summed E-state index contributed by atoms with van der Waals surface area (Å²) in [5.41, 5.74) is 1.12. The summed E-state index contributed by atoms with van der Waals surface area (Å²) in [5.74, 6) is 1.38. The summed E-state index contributed by atoms with van der Waals surface area (Å²) in [4.78, 5) is 14.4. The summed E-state index contributed by atoms with van der Waals surface area (Å²) < 4.78 is 0. The molecule has 98 valence electrons. The van der Waals surface area contributed by atoms with Crippen molar-refractivity contribution in [3.63, 3.8) is 0 Å². The fourth-order valence-electron chi connectivity index (χ4n) is 2.22. The van der Waals surface area contributed by atoms with Crippen molar-refractivity contribution >= 4 is 11.5 Å². The van der Waals surface area contributed by atoms with Crippen molar-refractivity contribution < 1.29 is 4.92 Å². The number of nitrogens with one attached hydrogen (secondary N) is 1. The maximum Gasteiger partial charge on any atom is 0.290 e. The first-order chi connectivity index (χ1) is 8.44. The lowest BCUT2D eigenvalue weighted by Gasteiger charge is -2.20. The van der Waals surface area contributed by atoms with Crippen LogP contribution in [0.4, 0.5) is 11.5 Å². The third kappa shape index (κ3) is 2.44. The first-order valence-electron chi connectivity index (χ1n) is 6.29. The molecule has 0 unspecified atom stereocenters. The van der Waals surface area contributed by atoms with Gasteiger partial charge < -0.3 is 5.32 Å². The molecule has 5 nitrogen and oxygen atoms in total. The molecule has 1 aromatic heterocycles. The standard InChI is InChI=1S/C13H19N3O2/c1-9(2)13(4-5-13)8-15-12-6-10(3)11(7-14-12)16(17)18/h6-7,9H,4-5,8H2,1-3H3,(H,14,15). The lowest BCUT2D eigenvalue weighted by Crippen LogP contribution is -2.21. The summed E-state index contributed by atoms with van der Waals surface area (Å²) in [5, 5.41) is 14.0. The van der Waals surface area contributed by atoms with E-state index in [4.69, 9.17) is 0 Å². The zero-order valence-corrected chi connectivity index (χ0v) is 11.1. The van der Waals surface area contributed by atoms with E-state index < -0.39 is 4.92 Å². The van der Waals surface area contributed by atoms with Crippen molar-refractivity contribution in [2.24, 2.45) is 11.3 Å². The summed E-state index contributed by atoms with van der Waals surface area (Å²) in [6.45, 7) is 7.11. The number of rotatable bonds is 5. The van der Waals surface area contributed by atoms with Crippen molar-refractivity contribution in [3.05, 3.63) is 27.9 Å². The average Bonchev–Trinajstić information content (AvgIpc) is 3.07. The Morgan fingerprint density at radius 2 is 2.22 bits per heavy atom. The molecular weight excluding hydrogens is 230 g/mol. The number of nitro groups is 1. The Bertz CT molecular complexity index is 467. The van der Waals surface area contributed by atoms with Gasteiger partial charge >= 0.3 is 0 Å². The Hall–Kier alpha value is -1.65. The van der Waals surface area contributed by atoms with Crippen LogP contribution in [0.25, 0.3) is 0 Å². The van der Waals surface area contributed by atoms with Crippen LogP contribution in [-0.4, -0.2) is 16.5 Å². The number of anilines is 1. The first kappa shape index (κ1) is 12.8. The van der Waals surface area contributed by atoms with Crippen LogP contribution in [0.5, 0.6) is 0 Å². The Morgan fingerprint density at radius 3 is 2.67 bits per heavy atom. The summed E-state index contributed by atoms with van der Waals surface area (Å²) in [7, 11) is 0. The van der Waals surface area contributed by atoms with E-state index in [9.17, 15) is 10.1 Å². The number of pyridine rings is 1. The van der Waals surface area contributed by atoms with Crippen LogP contribution in [0.1, 0.15) is 32.3 Å². The summed E-state index contributed by atoms with van der Waals surface area (Å²) in [6.07, 6.45) is 3.83. The van der Waals surface area contributed by atoms with Crippen molar-refractivity contribution in [2.75, 3.05) is 11.9 Å². The molecule has 0 radical (unpaired) electrons. The van der Waals surface area contributed by atoms with Crippen LogP contribution in [0.3, 0.4) is 0 Å².